The number of rotatable bonds is 3. The first-order valence-electron chi connectivity index (χ1n) is 3.41. The van der Waals surface area contributed by atoms with Gasteiger partial charge in [0, 0.05) is 6.54 Å². The molecule has 1 rings (SSSR count). The fraction of sp³-hybridized carbons (Fsp3) is 0.143. The molecule has 1 aromatic carbocycles. The highest BCUT2D eigenvalue weighted by atomic mass is 31.1. The average molecular weight is 169 g/mol. The third-order valence-electron chi connectivity index (χ3n) is 1.33. The van der Waals surface area contributed by atoms with Gasteiger partial charge >= 0.3 is 0 Å². The molecule has 1 unspecified atom stereocenters. The molecular weight excluding hydrogens is 157 g/mol. The minimum Gasteiger partial charge on any atom is -0.293 e. The Kier molecular flexibility index (Phi) is 3.30. The molecule has 0 aliphatic rings. The van der Waals surface area contributed by atoms with E-state index in [-0.39, 0.29) is 0 Å². The standard InChI is InChI=1S/C7H12N3P/c8-11(9)10-6-7-4-2-1-3-5-7/h1-5,11H,6H2,(H4,8,9,10). The van der Waals surface area contributed by atoms with Gasteiger partial charge in [0.1, 0.15) is 0 Å². The summed E-state index contributed by atoms with van der Waals surface area (Å²) < 4.78 is 0. The largest absolute Gasteiger partial charge is 0.293 e. The van der Waals surface area contributed by atoms with Crippen LogP contribution < -0.4 is 10.6 Å². The van der Waals surface area contributed by atoms with Gasteiger partial charge in [0.25, 0.3) is 0 Å². The summed E-state index contributed by atoms with van der Waals surface area (Å²) in [5.74, 6) is 0. The maximum atomic E-state index is 7.10. The zero-order valence-corrected chi connectivity index (χ0v) is 7.17. The summed E-state index contributed by atoms with van der Waals surface area (Å²) in [6, 6.07) is 9.95. The summed E-state index contributed by atoms with van der Waals surface area (Å²) >= 11 is 0. The zero-order chi connectivity index (χ0) is 8.10. The number of benzene rings is 1. The van der Waals surface area contributed by atoms with Gasteiger partial charge in [0.2, 0.25) is 0 Å². The van der Waals surface area contributed by atoms with E-state index in [0.29, 0.717) is 6.54 Å². The highest BCUT2D eigenvalue weighted by Crippen LogP contribution is 2.04. The van der Waals surface area contributed by atoms with E-state index in [1.165, 1.54) is 5.56 Å². The molecule has 11 heavy (non-hydrogen) atoms. The lowest BCUT2D eigenvalue weighted by Crippen LogP contribution is -2.05. The van der Waals surface area contributed by atoms with E-state index in [1.807, 2.05) is 30.3 Å². The van der Waals surface area contributed by atoms with E-state index in [9.17, 15) is 0 Å². The van der Waals surface area contributed by atoms with Gasteiger partial charge < -0.3 is 0 Å². The van der Waals surface area contributed by atoms with Crippen LogP contribution in [0.3, 0.4) is 0 Å². The Labute approximate surface area is 67.0 Å². The van der Waals surface area contributed by atoms with E-state index < -0.39 is 8.01 Å². The van der Waals surface area contributed by atoms with Gasteiger partial charge in [-0.1, -0.05) is 30.3 Å². The maximum absolute atomic E-state index is 7.10. The molecule has 0 aliphatic carbocycles. The van der Waals surface area contributed by atoms with Gasteiger partial charge in [0.15, 0.2) is 0 Å². The fourth-order valence-electron chi connectivity index (χ4n) is 0.793. The van der Waals surface area contributed by atoms with Crippen molar-refractivity contribution >= 4 is 8.01 Å². The van der Waals surface area contributed by atoms with Crippen LogP contribution in [0.1, 0.15) is 5.56 Å². The second-order valence-electron chi connectivity index (χ2n) is 2.25. The summed E-state index contributed by atoms with van der Waals surface area (Å²) in [7, 11) is -1.53. The second kappa shape index (κ2) is 4.29. The number of nitrogens with one attached hydrogen (secondary N) is 2. The molecule has 0 heterocycles. The predicted molar refractivity (Wildman–Crippen MR) is 48.5 cm³/mol. The quantitative estimate of drug-likeness (QED) is 0.601. The van der Waals surface area contributed by atoms with Gasteiger partial charge in [0.05, 0.1) is 8.01 Å². The minimum absolute atomic E-state index is 0.704. The first kappa shape index (κ1) is 8.47. The van der Waals surface area contributed by atoms with E-state index in [0.717, 1.165) is 0 Å². The molecular formula is C7H12N3P. The fourth-order valence-corrected chi connectivity index (χ4v) is 1.19. The summed E-state index contributed by atoms with van der Waals surface area (Å²) in [6.45, 7) is 0.704. The van der Waals surface area contributed by atoms with Crippen molar-refractivity contribution in [3.8, 4) is 0 Å². The monoisotopic (exact) mass is 169 g/mol. The number of nitrogens with two attached hydrogens (primary N) is 1. The van der Waals surface area contributed by atoms with Crippen LogP contribution >= 0.6 is 8.01 Å². The van der Waals surface area contributed by atoms with Crippen molar-refractivity contribution in [2.24, 2.45) is 5.50 Å². The van der Waals surface area contributed by atoms with Gasteiger partial charge in [-0.05, 0) is 5.56 Å². The Balaban J connectivity index is 2.45. The van der Waals surface area contributed by atoms with Crippen LogP contribution in [0.4, 0.5) is 0 Å². The Morgan fingerprint density at radius 3 is 2.55 bits per heavy atom. The third-order valence-corrected chi connectivity index (χ3v) is 1.88. The Morgan fingerprint density at radius 1 is 1.36 bits per heavy atom. The van der Waals surface area contributed by atoms with Gasteiger partial charge in [-0.3, -0.25) is 15.8 Å². The Morgan fingerprint density at radius 2 is 2.00 bits per heavy atom. The summed E-state index contributed by atoms with van der Waals surface area (Å²) in [6.07, 6.45) is 0. The third kappa shape index (κ3) is 3.33. The minimum atomic E-state index is -1.53. The Bertz CT molecular complexity index is 235. The van der Waals surface area contributed by atoms with Crippen LogP contribution in [0, 0.1) is 5.16 Å². The van der Waals surface area contributed by atoms with E-state index >= 15 is 0 Å². The average Bonchev–Trinajstić information content (AvgIpc) is 2.03. The second-order valence-corrected chi connectivity index (χ2v) is 3.43. The first-order chi connectivity index (χ1) is 5.29. The van der Waals surface area contributed by atoms with Crippen LogP contribution in [0.2, 0.25) is 0 Å². The lowest BCUT2D eigenvalue weighted by molar-refractivity contribution is 0.958. The molecule has 4 heteroatoms. The predicted octanol–water partition coefficient (Wildman–Crippen LogP) is 1.54. The van der Waals surface area contributed by atoms with Gasteiger partial charge in [-0.15, -0.1) is 0 Å². The first-order valence-corrected chi connectivity index (χ1v) is 4.98. The number of hydrogen-bond acceptors (Lipinski definition) is 1. The molecule has 0 aromatic heterocycles. The molecule has 4 N–H and O–H groups in total. The molecule has 0 spiro atoms. The topological polar surface area (TPSA) is 61.9 Å². The summed E-state index contributed by atoms with van der Waals surface area (Å²) in [5.41, 5.74) is 6.47. The van der Waals surface area contributed by atoms with Crippen LogP contribution in [0.25, 0.3) is 0 Å². The van der Waals surface area contributed by atoms with Crippen molar-refractivity contribution in [1.29, 1.82) is 5.16 Å². The molecule has 0 amide bonds. The highest BCUT2D eigenvalue weighted by Gasteiger charge is 1.88. The lowest BCUT2D eigenvalue weighted by atomic mass is 10.2. The van der Waals surface area contributed by atoms with Crippen molar-refractivity contribution in [1.82, 2.24) is 5.09 Å². The van der Waals surface area contributed by atoms with E-state index in [1.54, 1.807) is 0 Å². The smallest absolute Gasteiger partial charge is 0.0735 e. The van der Waals surface area contributed by atoms with Crippen molar-refractivity contribution in [2.75, 3.05) is 0 Å². The zero-order valence-electron chi connectivity index (χ0n) is 6.17. The Hall–Kier alpha value is -0.630. The van der Waals surface area contributed by atoms with Crippen molar-refractivity contribution in [3.63, 3.8) is 0 Å². The molecule has 0 aliphatic heterocycles. The van der Waals surface area contributed by atoms with Crippen LogP contribution in [-0.4, -0.2) is 0 Å². The van der Waals surface area contributed by atoms with Crippen LogP contribution in [-0.2, 0) is 6.54 Å². The molecule has 0 fully saturated rings. The van der Waals surface area contributed by atoms with Gasteiger partial charge in [-0.25, -0.2) is 0 Å². The van der Waals surface area contributed by atoms with Crippen molar-refractivity contribution in [2.45, 2.75) is 6.54 Å². The molecule has 1 aromatic rings. The lowest BCUT2D eigenvalue weighted by Gasteiger charge is -2.01. The SMILES string of the molecule is N=[PH](N)NCc1ccccc1. The highest BCUT2D eigenvalue weighted by molar-refractivity contribution is 7.40. The molecule has 0 saturated carbocycles. The van der Waals surface area contributed by atoms with Crippen LogP contribution in [0.5, 0.6) is 0 Å². The van der Waals surface area contributed by atoms with E-state index in [4.69, 9.17) is 10.7 Å². The maximum Gasteiger partial charge on any atom is 0.0735 e. The molecule has 0 saturated heterocycles. The molecule has 60 valence electrons. The normalized spacial score (nSPS) is 12.8. The molecule has 0 bridgehead atoms. The van der Waals surface area contributed by atoms with E-state index in [2.05, 4.69) is 5.09 Å². The number of hydrogen-bond donors (Lipinski definition) is 3. The van der Waals surface area contributed by atoms with Crippen molar-refractivity contribution in [3.05, 3.63) is 35.9 Å². The molecule has 0 radical (unpaired) electrons. The molecule has 1 atom stereocenters. The van der Waals surface area contributed by atoms with Crippen LogP contribution in [0.15, 0.2) is 30.3 Å². The van der Waals surface area contributed by atoms with Gasteiger partial charge in [-0.2, -0.15) is 0 Å². The summed E-state index contributed by atoms with van der Waals surface area (Å²) in [5, 5.41) is 10.0. The molecule has 3 nitrogen and oxygen atoms in total. The van der Waals surface area contributed by atoms with Crippen molar-refractivity contribution < 1.29 is 0 Å². The summed E-state index contributed by atoms with van der Waals surface area (Å²) in [4.78, 5) is 0.